The molecule has 0 amide bonds. The molecule has 0 saturated carbocycles. The van der Waals surface area contributed by atoms with E-state index in [1.165, 1.54) is 5.69 Å². The molecular weight excluding hydrogens is 163 g/mol. The zero-order chi connectivity index (χ0) is 9.10. The lowest BCUT2D eigenvalue weighted by atomic mass is 10.2. The molecule has 0 saturated heterocycles. The summed E-state index contributed by atoms with van der Waals surface area (Å²) in [5.41, 5.74) is 7.91. The van der Waals surface area contributed by atoms with E-state index in [0.29, 0.717) is 6.54 Å². The van der Waals surface area contributed by atoms with Gasteiger partial charge < -0.3 is 10.6 Å². The molecule has 1 aliphatic rings. The summed E-state index contributed by atoms with van der Waals surface area (Å²) in [6, 6.07) is 8.26. The molecule has 1 aromatic carbocycles. The zero-order valence-corrected chi connectivity index (χ0v) is 7.48. The Hall–Kier alpha value is -1.35. The lowest BCUT2D eigenvalue weighted by Gasteiger charge is -2.14. The van der Waals surface area contributed by atoms with Crippen molar-refractivity contribution in [3.63, 3.8) is 0 Å². The second-order valence-electron chi connectivity index (χ2n) is 3.09. The highest BCUT2D eigenvalue weighted by Gasteiger charge is 2.07. The van der Waals surface area contributed by atoms with Gasteiger partial charge in [0.2, 0.25) is 0 Å². The van der Waals surface area contributed by atoms with Crippen LogP contribution in [-0.4, -0.2) is 19.4 Å². The smallest absolute Gasteiger partial charge is 0.0895 e. The van der Waals surface area contributed by atoms with Crippen LogP contribution in [0.2, 0.25) is 0 Å². The van der Waals surface area contributed by atoms with E-state index in [9.17, 15) is 0 Å². The number of hydrogen-bond donors (Lipinski definition) is 1. The summed E-state index contributed by atoms with van der Waals surface area (Å²) in [6.45, 7) is 2.47. The van der Waals surface area contributed by atoms with Crippen molar-refractivity contribution in [2.75, 3.05) is 18.0 Å². The van der Waals surface area contributed by atoms with E-state index in [1.54, 1.807) is 0 Å². The minimum Gasteiger partial charge on any atom is -0.331 e. The molecule has 0 atom stereocenters. The molecule has 0 aromatic heterocycles. The molecule has 3 nitrogen and oxygen atoms in total. The van der Waals surface area contributed by atoms with Gasteiger partial charge >= 0.3 is 0 Å². The molecule has 0 spiro atoms. The van der Waals surface area contributed by atoms with Crippen molar-refractivity contribution in [2.45, 2.75) is 6.54 Å². The van der Waals surface area contributed by atoms with Gasteiger partial charge in [0.25, 0.3) is 0 Å². The Bertz CT molecular complexity index is 320. The first-order valence-electron chi connectivity index (χ1n) is 4.46. The van der Waals surface area contributed by atoms with Crippen LogP contribution in [0, 0.1) is 0 Å². The van der Waals surface area contributed by atoms with Gasteiger partial charge in [0.05, 0.1) is 12.9 Å². The molecule has 1 aromatic rings. The third kappa shape index (κ3) is 1.70. The quantitative estimate of drug-likeness (QED) is 0.683. The summed E-state index contributed by atoms with van der Waals surface area (Å²) < 4.78 is 0. The zero-order valence-electron chi connectivity index (χ0n) is 7.48. The Labute approximate surface area is 77.9 Å². The molecule has 0 bridgehead atoms. The van der Waals surface area contributed by atoms with Gasteiger partial charge in [0.1, 0.15) is 0 Å². The predicted molar refractivity (Wildman–Crippen MR) is 55.0 cm³/mol. The van der Waals surface area contributed by atoms with Crippen LogP contribution in [-0.2, 0) is 6.54 Å². The largest absolute Gasteiger partial charge is 0.331 e. The fraction of sp³-hybridized carbons (Fsp3) is 0.300. The number of benzene rings is 1. The van der Waals surface area contributed by atoms with Crippen molar-refractivity contribution in [1.29, 1.82) is 0 Å². The summed E-state index contributed by atoms with van der Waals surface area (Å²) in [7, 11) is 0. The highest BCUT2D eigenvalue weighted by molar-refractivity contribution is 5.81. The van der Waals surface area contributed by atoms with Crippen LogP contribution in [0.5, 0.6) is 0 Å². The second-order valence-corrected chi connectivity index (χ2v) is 3.09. The van der Waals surface area contributed by atoms with Crippen LogP contribution in [0.25, 0.3) is 0 Å². The number of nitrogens with zero attached hydrogens (tertiary/aromatic N) is 2. The maximum Gasteiger partial charge on any atom is 0.0895 e. The molecule has 68 valence electrons. The van der Waals surface area contributed by atoms with Gasteiger partial charge in [-0.05, 0) is 17.7 Å². The van der Waals surface area contributed by atoms with Crippen molar-refractivity contribution in [1.82, 2.24) is 0 Å². The first-order valence-corrected chi connectivity index (χ1v) is 4.46. The van der Waals surface area contributed by atoms with Crippen molar-refractivity contribution < 1.29 is 0 Å². The first kappa shape index (κ1) is 8.26. The number of nitrogens with two attached hydrogens (primary N) is 1. The Morgan fingerprint density at radius 2 is 2.38 bits per heavy atom. The minimum absolute atomic E-state index is 0.596. The molecule has 0 radical (unpaired) electrons. The van der Waals surface area contributed by atoms with Gasteiger partial charge in [-0.15, -0.1) is 0 Å². The summed E-state index contributed by atoms with van der Waals surface area (Å²) in [6.07, 6.45) is 1.88. The van der Waals surface area contributed by atoms with Crippen LogP contribution in [0.15, 0.2) is 29.3 Å². The molecular formula is C10H13N3. The highest BCUT2D eigenvalue weighted by Crippen LogP contribution is 2.16. The first-order chi connectivity index (χ1) is 6.40. The molecule has 13 heavy (non-hydrogen) atoms. The van der Waals surface area contributed by atoms with E-state index in [0.717, 1.165) is 18.7 Å². The number of rotatable bonds is 2. The number of aliphatic imine (C=N–C) groups is 1. The monoisotopic (exact) mass is 176 g/mol. The minimum atomic E-state index is 0.596. The third-order valence-corrected chi connectivity index (χ3v) is 2.17. The number of hydrogen-bond acceptors (Lipinski definition) is 3. The predicted octanol–water partition coefficient (Wildman–Crippen LogP) is 0.994. The van der Waals surface area contributed by atoms with E-state index >= 15 is 0 Å². The van der Waals surface area contributed by atoms with Gasteiger partial charge in [-0.1, -0.05) is 12.1 Å². The highest BCUT2D eigenvalue weighted by atomic mass is 15.3. The summed E-state index contributed by atoms with van der Waals surface area (Å²) in [5.74, 6) is 0. The molecule has 3 heteroatoms. The average molecular weight is 176 g/mol. The SMILES string of the molecule is NCc1cccc(N2CCN=[13CH]2)c1. The van der Waals surface area contributed by atoms with E-state index in [2.05, 4.69) is 22.0 Å². The third-order valence-electron chi connectivity index (χ3n) is 2.17. The fourth-order valence-electron chi connectivity index (χ4n) is 1.44. The van der Waals surface area contributed by atoms with Crippen LogP contribution in [0.4, 0.5) is 5.69 Å². The Morgan fingerprint density at radius 1 is 1.46 bits per heavy atom. The molecule has 1 aliphatic heterocycles. The Kier molecular flexibility index (Phi) is 2.27. The van der Waals surface area contributed by atoms with Gasteiger partial charge in [0, 0.05) is 18.8 Å². The summed E-state index contributed by atoms with van der Waals surface area (Å²) >= 11 is 0. The van der Waals surface area contributed by atoms with E-state index in [1.807, 2.05) is 18.5 Å². The molecule has 0 aliphatic carbocycles. The summed E-state index contributed by atoms with van der Waals surface area (Å²) in [5, 5.41) is 0. The van der Waals surface area contributed by atoms with Crippen molar-refractivity contribution >= 4 is 12.0 Å². The maximum absolute atomic E-state index is 5.57. The molecule has 1 heterocycles. The van der Waals surface area contributed by atoms with E-state index in [-0.39, 0.29) is 0 Å². The second kappa shape index (κ2) is 3.58. The van der Waals surface area contributed by atoms with Gasteiger partial charge in [-0.3, -0.25) is 4.99 Å². The Balaban J connectivity index is 2.24. The molecule has 0 unspecified atom stereocenters. The van der Waals surface area contributed by atoms with Crippen LogP contribution < -0.4 is 10.6 Å². The van der Waals surface area contributed by atoms with Crippen molar-refractivity contribution in [2.24, 2.45) is 10.7 Å². The number of anilines is 1. The lowest BCUT2D eigenvalue weighted by Crippen LogP contribution is -2.18. The maximum atomic E-state index is 5.57. The Morgan fingerprint density at radius 3 is 3.08 bits per heavy atom. The molecule has 2 N–H and O–H groups in total. The molecule has 0 fully saturated rings. The van der Waals surface area contributed by atoms with Crippen molar-refractivity contribution in [3.8, 4) is 0 Å². The van der Waals surface area contributed by atoms with E-state index < -0.39 is 0 Å². The van der Waals surface area contributed by atoms with Gasteiger partial charge in [0.15, 0.2) is 0 Å². The van der Waals surface area contributed by atoms with Gasteiger partial charge in [-0.25, -0.2) is 0 Å². The topological polar surface area (TPSA) is 41.6 Å². The van der Waals surface area contributed by atoms with Crippen LogP contribution >= 0.6 is 0 Å². The van der Waals surface area contributed by atoms with Gasteiger partial charge in [-0.2, -0.15) is 0 Å². The van der Waals surface area contributed by atoms with Crippen LogP contribution in [0.3, 0.4) is 0 Å². The van der Waals surface area contributed by atoms with Crippen molar-refractivity contribution in [3.05, 3.63) is 29.8 Å². The summed E-state index contributed by atoms with van der Waals surface area (Å²) in [4.78, 5) is 6.30. The van der Waals surface area contributed by atoms with E-state index in [4.69, 9.17) is 5.73 Å². The molecule has 2 rings (SSSR count). The normalized spacial score (nSPS) is 15.3. The standard InChI is InChI=1S/C10H13N3/c11-7-9-2-1-3-10(6-9)13-5-4-12-8-13/h1-3,6,8H,4-5,7,11H2/i8+1. The van der Waals surface area contributed by atoms with Crippen LogP contribution in [0.1, 0.15) is 5.56 Å². The average Bonchev–Trinajstić information content (AvgIpc) is 2.71. The lowest BCUT2D eigenvalue weighted by molar-refractivity contribution is 1.01. The fourth-order valence-corrected chi connectivity index (χ4v) is 1.44.